The van der Waals surface area contributed by atoms with E-state index in [4.69, 9.17) is 14.2 Å². The number of ether oxygens (including phenoxy) is 3. The first-order valence-corrected chi connectivity index (χ1v) is 7.26. The van der Waals surface area contributed by atoms with E-state index in [1.165, 1.54) is 20.8 Å². The Morgan fingerprint density at radius 2 is 1.74 bits per heavy atom. The van der Waals surface area contributed by atoms with Gasteiger partial charge in [-0.3, -0.25) is 19.4 Å². The molecule has 1 rings (SSSR count). The average Bonchev–Trinajstić information content (AvgIpc) is 2.48. The Balaban J connectivity index is 3.19. The van der Waals surface area contributed by atoms with Gasteiger partial charge in [0.05, 0.1) is 5.69 Å². The highest BCUT2D eigenvalue weighted by Crippen LogP contribution is 2.26. The largest absolute Gasteiger partial charge is 0.462 e. The molecule has 2 atom stereocenters. The molecule has 0 bridgehead atoms. The maximum Gasteiger partial charge on any atom is 0.303 e. The zero-order chi connectivity index (χ0) is 17.4. The van der Waals surface area contributed by atoms with Crippen LogP contribution in [0.25, 0.3) is 0 Å². The van der Waals surface area contributed by atoms with Crippen LogP contribution in [0.1, 0.15) is 45.1 Å². The highest BCUT2D eigenvalue weighted by molar-refractivity contribution is 5.68. The monoisotopic (exact) mass is 323 g/mol. The fourth-order valence-electron chi connectivity index (χ4n) is 2.09. The molecule has 0 aliphatic carbocycles. The topological polar surface area (TPSA) is 91.8 Å². The number of hydrogen-bond donors (Lipinski definition) is 0. The Labute approximate surface area is 134 Å². The summed E-state index contributed by atoms with van der Waals surface area (Å²) in [6.07, 6.45) is 0.288. The molecule has 7 heteroatoms. The lowest BCUT2D eigenvalue weighted by atomic mass is 10.0. The lowest BCUT2D eigenvalue weighted by Crippen LogP contribution is -2.34. The van der Waals surface area contributed by atoms with E-state index < -0.39 is 30.1 Å². The van der Waals surface area contributed by atoms with E-state index in [1.54, 1.807) is 12.3 Å². The maximum absolute atomic E-state index is 11.5. The molecule has 0 spiro atoms. The summed E-state index contributed by atoms with van der Waals surface area (Å²) in [6.45, 7) is 5.41. The van der Waals surface area contributed by atoms with E-state index in [-0.39, 0.29) is 6.61 Å². The standard InChI is InChI=1S/C16H21NO6/c1-5-13-7-6-8-17-15(13)16(23-12(4)20)14(22-11(3)19)9-21-10(2)18/h6-8,14,16H,5,9H2,1-4H3. The molecule has 126 valence electrons. The molecule has 0 radical (unpaired) electrons. The van der Waals surface area contributed by atoms with Gasteiger partial charge >= 0.3 is 17.9 Å². The van der Waals surface area contributed by atoms with Crippen molar-refractivity contribution in [1.29, 1.82) is 0 Å². The van der Waals surface area contributed by atoms with Crippen LogP contribution in [0, 0.1) is 0 Å². The number of nitrogens with zero attached hydrogens (tertiary/aromatic N) is 1. The summed E-state index contributed by atoms with van der Waals surface area (Å²) in [4.78, 5) is 38.1. The number of aryl methyl sites for hydroxylation is 1. The van der Waals surface area contributed by atoms with Crippen LogP contribution >= 0.6 is 0 Å². The second-order valence-electron chi connectivity index (χ2n) is 4.88. The quantitative estimate of drug-likeness (QED) is 0.557. The van der Waals surface area contributed by atoms with Crippen LogP contribution in [0.4, 0.5) is 0 Å². The first-order valence-electron chi connectivity index (χ1n) is 7.26. The number of hydrogen-bond acceptors (Lipinski definition) is 7. The van der Waals surface area contributed by atoms with E-state index in [1.807, 2.05) is 13.0 Å². The SMILES string of the molecule is CCc1cccnc1C(OC(C)=O)C(COC(C)=O)OC(C)=O. The minimum atomic E-state index is -0.972. The fourth-order valence-corrected chi connectivity index (χ4v) is 2.09. The summed E-state index contributed by atoms with van der Waals surface area (Å²) in [5.74, 6) is -1.66. The zero-order valence-corrected chi connectivity index (χ0v) is 13.7. The molecule has 7 nitrogen and oxygen atoms in total. The third-order valence-electron chi connectivity index (χ3n) is 2.98. The van der Waals surface area contributed by atoms with Crippen molar-refractivity contribution < 1.29 is 28.6 Å². The van der Waals surface area contributed by atoms with Crippen molar-refractivity contribution in [3.05, 3.63) is 29.6 Å². The predicted molar refractivity (Wildman–Crippen MR) is 80.3 cm³/mol. The van der Waals surface area contributed by atoms with Crippen LogP contribution in [0.5, 0.6) is 0 Å². The van der Waals surface area contributed by atoms with E-state index >= 15 is 0 Å². The van der Waals surface area contributed by atoms with Gasteiger partial charge in [-0.1, -0.05) is 13.0 Å². The molecule has 0 fully saturated rings. The average molecular weight is 323 g/mol. The van der Waals surface area contributed by atoms with Gasteiger partial charge in [-0.25, -0.2) is 0 Å². The van der Waals surface area contributed by atoms with Crippen molar-refractivity contribution in [2.75, 3.05) is 6.61 Å². The minimum absolute atomic E-state index is 0.230. The first-order chi connectivity index (χ1) is 10.8. The number of pyridine rings is 1. The van der Waals surface area contributed by atoms with Gasteiger partial charge in [0.15, 0.2) is 12.2 Å². The summed E-state index contributed by atoms with van der Waals surface area (Å²) >= 11 is 0. The molecule has 0 aliphatic rings. The summed E-state index contributed by atoms with van der Waals surface area (Å²) < 4.78 is 15.4. The number of carbonyl (C=O) groups is 3. The molecule has 2 unspecified atom stereocenters. The van der Waals surface area contributed by atoms with E-state index in [0.29, 0.717) is 12.1 Å². The number of rotatable bonds is 7. The highest BCUT2D eigenvalue weighted by atomic mass is 16.6. The van der Waals surface area contributed by atoms with Gasteiger partial charge in [0.2, 0.25) is 0 Å². The van der Waals surface area contributed by atoms with Gasteiger partial charge in [0, 0.05) is 27.0 Å². The molecule has 23 heavy (non-hydrogen) atoms. The van der Waals surface area contributed by atoms with Gasteiger partial charge in [-0.2, -0.15) is 0 Å². The molecule has 0 saturated heterocycles. The van der Waals surface area contributed by atoms with Gasteiger partial charge in [-0.15, -0.1) is 0 Å². The maximum atomic E-state index is 11.5. The van der Waals surface area contributed by atoms with Crippen molar-refractivity contribution in [1.82, 2.24) is 4.98 Å². The Bertz CT molecular complexity index is 571. The number of esters is 3. The lowest BCUT2D eigenvalue weighted by Gasteiger charge is -2.26. The Morgan fingerprint density at radius 1 is 1.09 bits per heavy atom. The first kappa shape index (κ1) is 18.6. The third-order valence-corrected chi connectivity index (χ3v) is 2.98. The molecule has 1 heterocycles. The Hall–Kier alpha value is -2.44. The zero-order valence-electron chi connectivity index (χ0n) is 13.7. The molecule has 1 aromatic heterocycles. The Kier molecular flexibility index (Phi) is 7.18. The van der Waals surface area contributed by atoms with Crippen LogP contribution < -0.4 is 0 Å². The normalized spacial score (nSPS) is 12.9. The van der Waals surface area contributed by atoms with Crippen LogP contribution in [0.15, 0.2) is 18.3 Å². The summed E-state index contributed by atoms with van der Waals surface area (Å²) in [7, 11) is 0. The number of carbonyl (C=O) groups excluding carboxylic acids is 3. The van der Waals surface area contributed by atoms with E-state index in [2.05, 4.69) is 4.98 Å². The van der Waals surface area contributed by atoms with Crippen molar-refractivity contribution in [2.45, 2.75) is 46.3 Å². The molecule has 0 saturated carbocycles. The summed E-state index contributed by atoms with van der Waals surface area (Å²) in [5.41, 5.74) is 1.32. The molecule has 0 N–H and O–H groups in total. The molecule has 0 amide bonds. The van der Waals surface area contributed by atoms with E-state index in [9.17, 15) is 14.4 Å². The van der Waals surface area contributed by atoms with E-state index in [0.717, 1.165) is 5.56 Å². The Morgan fingerprint density at radius 3 is 2.26 bits per heavy atom. The van der Waals surface area contributed by atoms with Gasteiger partial charge in [-0.05, 0) is 18.1 Å². The van der Waals surface area contributed by atoms with Crippen LogP contribution in [0.2, 0.25) is 0 Å². The molecule has 1 aromatic rings. The summed E-state index contributed by atoms with van der Waals surface area (Å²) in [6, 6.07) is 3.61. The van der Waals surface area contributed by atoms with Crippen molar-refractivity contribution in [2.24, 2.45) is 0 Å². The molecule has 0 aliphatic heterocycles. The smallest absolute Gasteiger partial charge is 0.303 e. The van der Waals surface area contributed by atoms with Gasteiger partial charge in [0.25, 0.3) is 0 Å². The van der Waals surface area contributed by atoms with Crippen molar-refractivity contribution >= 4 is 17.9 Å². The highest BCUT2D eigenvalue weighted by Gasteiger charge is 2.32. The van der Waals surface area contributed by atoms with Crippen LogP contribution in [0.3, 0.4) is 0 Å². The van der Waals surface area contributed by atoms with Crippen LogP contribution in [-0.4, -0.2) is 35.6 Å². The molecule has 0 aromatic carbocycles. The summed E-state index contributed by atoms with van der Waals surface area (Å²) in [5, 5.41) is 0. The molecular formula is C16H21NO6. The van der Waals surface area contributed by atoms with Gasteiger partial charge in [0.1, 0.15) is 6.61 Å². The second-order valence-corrected chi connectivity index (χ2v) is 4.88. The number of aromatic nitrogens is 1. The minimum Gasteiger partial charge on any atom is -0.462 e. The second kappa shape index (κ2) is 8.87. The fraction of sp³-hybridized carbons (Fsp3) is 0.500. The third kappa shape index (κ3) is 6.06. The van der Waals surface area contributed by atoms with Gasteiger partial charge < -0.3 is 14.2 Å². The van der Waals surface area contributed by atoms with Crippen molar-refractivity contribution in [3.63, 3.8) is 0 Å². The molecular weight excluding hydrogens is 302 g/mol. The lowest BCUT2D eigenvalue weighted by molar-refractivity contribution is -0.174. The van der Waals surface area contributed by atoms with Crippen molar-refractivity contribution in [3.8, 4) is 0 Å². The van der Waals surface area contributed by atoms with Crippen LogP contribution in [-0.2, 0) is 35.0 Å². The predicted octanol–water partition coefficient (Wildman–Crippen LogP) is 1.74.